The molecule has 4 nitrogen and oxygen atoms in total. The minimum absolute atomic E-state index is 0.0804. The second kappa shape index (κ2) is 2.05. The zero-order chi connectivity index (χ0) is 7.78. The van der Waals surface area contributed by atoms with Crippen LogP contribution >= 0.6 is 0 Å². The molecule has 0 saturated heterocycles. The summed E-state index contributed by atoms with van der Waals surface area (Å²) < 4.78 is 0. The molecule has 1 saturated carbocycles. The molecule has 0 aromatic rings. The van der Waals surface area contributed by atoms with Crippen molar-refractivity contribution in [2.75, 3.05) is 6.54 Å². The fourth-order valence-electron chi connectivity index (χ4n) is 0.983. The van der Waals surface area contributed by atoms with Crippen molar-refractivity contribution < 1.29 is 9.59 Å². The molecule has 10 heavy (non-hydrogen) atoms. The maximum atomic E-state index is 10.9. The lowest BCUT2D eigenvalue weighted by Crippen LogP contribution is -2.35. The summed E-state index contributed by atoms with van der Waals surface area (Å²) in [5, 5.41) is 0. The van der Waals surface area contributed by atoms with Gasteiger partial charge in [-0.15, -0.1) is 0 Å². The van der Waals surface area contributed by atoms with E-state index in [-0.39, 0.29) is 12.3 Å². The highest BCUT2D eigenvalue weighted by Crippen LogP contribution is 2.45. The zero-order valence-electron chi connectivity index (χ0n) is 5.59. The molecule has 0 heterocycles. The number of nitrogens with two attached hydrogens (primary N) is 2. The Morgan fingerprint density at radius 2 is 1.90 bits per heavy atom. The maximum Gasteiger partial charge on any atom is 0.231 e. The Labute approximate surface area is 58.6 Å². The topological polar surface area (TPSA) is 86.2 Å². The first-order valence-corrected chi connectivity index (χ1v) is 3.17. The average Bonchev–Trinajstić information content (AvgIpc) is 2.65. The van der Waals surface area contributed by atoms with Gasteiger partial charge in [0, 0.05) is 0 Å². The lowest BCUT2D eigenvalue weighted by atomic mass is 10.0. The number of Topliss-reactive ketones (excluding diaryl/α,β-unsaturated/α-hetero) is 1. The Kier molecular flexibility index (Phi) is 1.48. The van der Waals surface area contributed by atoms with Gasteiger partial charge >= 0.3 is 0 Å². The standard InChI is InChI=1S/C6H10N2O2/c7-3-4(9)6(1-2-6)5(8)10/h1-3,7H2,(H2,8,10). The Balaban J connectivity index is 2.69. The van der Waals surface area contributed by atoms with Crippen molar-refractivity contribution >= 4 is 11.7 Å². The third-order valence-electron chi connectivity index (χ3n) is 1.94. The van der Waals surface area contributed by atoms with Crippen LogP contribution in [0.5, 0.6) is 0 Å². The van der Waals surface area contributed by atoms with Crippen molar-refractivity contribution in [2.24, 2.45) is 16.9 Å². The summed E-state index contributed by atoms with van der Waals surface area (Å²) in [6.45, 7) is -0.0804. The van der Waals surface area contributed by atoms with Crippen LogP contribution in [0.1, 0.15) is 12.8 Å². The van der Waals surface area contributed by atoms with E-state index < -0.39 is 11.3 Å². The van der Waals surface area contributed by atoms with Gasteiger partial charge in [-0.25, -0.2) is 0 Å². The van der Waals surface area contributed by atoms with E-state index in [1.807, 2.05) is 0 Å². The van der Waals surface area contributed by atoms with Crippen LogP contribution < -0.4 is 11.5 Å². The summed E-state index contributed by atoms with van der Waals surface area (Å²) in [4.78, 5) is 21.5. The molecular weight excluding hydrogens is 132 g/mol. The van der Waals surface area contributed by atoms with E-state index in [1.54, 1.807) is 0 Å². The van der Waals surface area contributed by atoms with Crippen LogP contribution in [0.3, 0.4) is 0 Å². The average molecular weight is 142 g/mol. The molecule has 1 aliphatic carbocycles. The van der Waals surface area contributed by atoms with Crippen molar-refractivity contribution in [3.8, 4) is 0 Å². The van der Waals surface area contributed by atoms with E-state index in [1.165, 1.54) is 0 Å². The lowest BCUT2D eigenvalue weighted by molar-refractivity contribution is -0.133. The number of hydrogen-bond acceptors (Lipinski definition) is 3. The maximum absolute atomic E-state index is 10.9. The Hall–Kier alpha value is -0.900. The highest BCUT2D eigenvalue weighted by Gasteiger charge is 2.54. The molecule has 1 fully saturated rings. The first kappa shape index (κ1) is 7.21. The number of ketones is 1. The molecule has 0 unspecified atom stereocenters. The summed E-state index contributed by atoms with van der Waals surface area (Å²) >= 11 is 0. The van der Waals surface area contributed by atoms with Crippen LogP contribution in [-0.2, 0) is 9.59 Å². The van der Waals surface area contributed by atoms with Gasteiger partial charge in [0.2, 0.25) is 5.91 Å². The van der Waals surface area contributed by atoms with E-state index in [4.69, 9.17) is 11.5 Å². The molecule has 0 radical (unpaired) electrons. The predicted octanol–water partition coefficient (Wildman–Crippen LogP) is -1.22. The third-order valence-corrected chi connectivity index (χ3v) is 1.94. The highest BCUT2D eigenvalue weighted by atomic mass is 16.2. The Morgan fingerprint density at radius 1 is 1.40 bits per heavy atom. The van der Waals surface area contributed by atoms with Crippen LogP contribution in [0.4, 0.5) is 0 Å². The summed E-state index contributed by atoms with van der Waals surface area (Å²) in [5.41, 5.74) is 9.21. The van der Waals surface area contributed by atoms with Gasteiger partial charge in [-0.2, -0.15) is 0 Å². The molecule has 1 aliphatic rings. The molecule has 1 rings (SSSR count). The molecule has 0 aromatic heterocycles. The van der Waals surface area contributed by atoms with Crippen molar-refractivity contribution in [3.63, 3.8) is 0 Å². The van der Waals surface area contributed by atoms with Crippen molar-refractivity contribution in [1.29, 1.82) is 0 Å². The Morgan fingerprint density at radius 3 is 2.00 bits per heavy atom. The van der Waals surface area contributed by atoms with E-state index in [9.17, 15) is 9.59 Å². The van der Waals surface area contributed by atoms with Gasteiger partial charge in [0.25, 0.3) is 0 Å². The molecule has 0 spiro atoms. The smallest absolute Gasteiger partial charge is 0.231 e. The Bertz CT molecular complexity index is 184. The van der Waals surface area contributed by atoms with Gasteiger partial charge in [-0.3, -0.25) is 9.59 Å². The van der Waals surface area contributed by atoms with Crippen LogP contribution in [0, 0.1) is 5.41 Å². The molecule has 0 aliphatic heterocycles. The molecule has 0 bridgehead atoms. The molecule has 56 valence electrons. The van der Waals surface area contributed by atoms with Gasteiger partial charge in [-0.05, 0) is 12.8 Å². The predicted molar refractivity (Wildman–Crippen MR) is 34.9 cm³/mol. The second-order valence-electron chi connectivity index (χ2n) is 2.57. The number of hydrogen-bond donors (Lipinski definition) is 2. The van der Waals surface area contributed by atoms with E-state index in [0.717, 1.165) is 0 Å². The zero-order valence-corrected chi connectivity index (χ0v) is 5.59. The molecular formula is C6H10N2O2. The van der Waals surface area contributed by atoms with Crippen LogP contribution in [0.15, 0.2) is 0 Å². The van der Waals surface area contributed by atoms with Crippen molar-refractivity contribution in [2.45, 2.75) is 12.8 Å². The van der Waals surface area contributed by atoms with Gasteiger partial charge in [-0.1, -0.05) is 0 Å². The van der Waals surface area contributed by atoms with E-state index >= 15 is 0 Å². The minimum Gasteiger partial charge on any atom is -0.369 e. The van der Waals surface area contributed by atoms with Gasteiger partial charge < -0.3 is 11.5 Å². The first-order valence-electron chi connectivity index (χ1n) is 3.17. The summed E-state index contributed by atoms with van der Waals surface area (Å²) in [7, 11) is 0. The summed E-state index contributed by atoms with van der Waals surface area (Å²) in [5.74, 6) is -0.747. The lowest BCUT2D eigenvalue weighted by Gasteiger charge is -2.05. The number of amides is 1. The highest BCUT2D eigenvalue weighted by molar-refractivity contribution is 6.08. The normalized spacial score (nSPS) is 20.1. The van der Waals surface area contributed by atoms with E-state index in [0.29, 0.717) is 12.8 Å². The van der Waals surface area contributed by atoms with Gasteiger partial charge in [0.15, 0.2) is 5.78 Å². The van der Waals surface area contributed by atoms with Crippen LogP contribution in [0.25, 0.3) is 0 Å². The van der Waals surface area contributed by atoms with Gasteiger partial charge in [0.1, 0.15) is 5.41 Å². The molecule has 4 heteroatoms. The number of carbonyl (C=O) groups is 2. The largest absolute Gasteiger partial charge is 0.369 e. The fraction of sp³-hybridized carbons (Fsp3) is 0.667. The fourth-order valence-corrected chi connectivity index (χ4v) is 0.983. The first-order chi connectivity index (χ1) is 4.63. The SMILES string of the molecule is NCC(=O)C1(C(N)=O)CC1. The molecule has 0 aromatic carbocycles. The number of carbonyl (C=O) groups excluding carboxylic acids is 2. The van der Waals surface area contributed by atoms with Crippen LogP contribution in [0.2, 0.25) is 0 Å². The van der Waals surface area contributed by atoms with Crippen molar-refractivity contribution in [1.82, 2.24) is 0 Å². The molecule has 4 N–H and O–H groups in total. The summed E-state index contributed by atoms with van der Waals surface area (Å²) in [6, 6.07) is 0. The molecule has 0 atom stereocenters. The van der Waals surface area contributed by atoms with Crippen LogP contribution in [-0.4, -0.2) is 18.2 Å². The van der Waals surface area contributed by atoms with Crippen molar-refractivity contribution in [3.05, 3.63) is 0 Å². The number of primary amides is 1. The third kappa shape index (κ3) is 0.806. The number of rotatable bonds is 3. The van der Waals surface area contributed by atoms with Gasteiger partial charge in [0.05, 0.1) is 6.54 Å². The summed E-state index contributed by atoms with van der Waals surface area (Å²) in [6.07, 6.45) is 1.16. The minimum atomic E-state index is -0.866. The van der Waals surface area contributed by atoms with E-state index in [2.05, 4.69) is 0 Å². The quantitative estimate of drug-likeness (QED) is 0.484. The molecule has 1 amide bonds. The monoisotopic (exact) mass is 142 g/mol. The second-order valence-corrected chi connectivity index (χ2v) is 2.57.